The maximum absolute atomic E-state index is 3.81. The molecule has 1 aliphatic heterocycles. The minimum atomic E-state index is 0.248. The van der Waals surface area contributed by atoms with Crippen LogP contribution >= 0.6 is 0 Å². The minimum absolute atomic E-state index is 0.248. The summed E-state index contributed by atoms with van der Waals surface area (Å²) in [6.45, 7) is 18.1. The van der Waals surface area contributed by atoms with Crippen molar-refractivity contribution in [3.05, 3.63) is 0 Å². The van der Waals surface area contributed by atoms with Crippen LogP contribution in [-0.2, 0) is 0 Å². The Bertz CT molecular complexity index is 329. The molecule has 1 aliphatic carbocycles. The van der Waals surface area contributed by atoms with Gasteiger partial charge >= 0.3 is 0 Å². The fourth-order valence-corrected chi connectivity index (χ4v) is 4.53. The number of hydrogen-bond donors (Lipinski definition) is 1. The summed E-state index contributed by atoms with van der Waals surface area (Å²) in [6, 6.07) is 0.694. The summed E-state index contributed by atoms with van der Waals surface area (Å²) in [5.74, 6) is 1.90. The standard InChI is InChI=1S/C20H40N2/c1-19(2,3)17-11-9-16(10-12-17)14-22-13-7-8-18(15-22)21-20(4,5)6/h16-18,21H,7-15H2,1-6H3/t16?,17?,18-/m1/s1. The molecule has 0 bridgehead atoms. The third-order valence-corrected chi connectivity index (χ3v) is 5.73. The van der Waals surface area contributed by atoms with Crippen LogP contribution < -0.4 is 5.32 Å². The predicted molar refractivity (Wildman–Crippen MR) is 97.3 cm³/mol. The summed E-state index contributed by atoms with van der Waals surface area (Å²) in [5.41, 5.74) is 0.760. The van der Waals surface area contributed by atoms with Crippen LogP contribution in [0.15, 0.2) is 0 Å². The molecule has 0 aromatic heterocycles. The van der Waals surface area contributed by atoms with Crippen LogP contribution in [-0.4, -0.2) is 36.1 Å². The van der Waals surface area contributed by atoms with E-state index in [4.69, 9.17) is 0 Å². The first kappa shape index (κ1) is 18.3. The highest BCUT2D eigenvalue weighted by Crippen LogP contribution is 2.40. The second-order valence-corrected chi connectivity index (χ2v) is 10.1. The van der Waals surface area contributed by atoms with Crippen molar-refractivity contribution in [2.24, 2.45) is 17.3 Å². The number of piperidine rings is 1. The van der Waals surface area contributed by atoms with Crippen molar-refractivity contribution in [1.29, 1.82) is 0 Å². The van der Waals surface area contributed by atoms with Gasteiger partial charge in [0, 0.05) is 24.7 Å². The zero-order chi connectivity index (χ0) is 16.4. The Morgan fingerprint density at radius 2 is 1.55 bits per heavy atom. The molecule has 1 atom stereocenters. The van der Waals surface area contributed by atoms with Gasteiger partial charge < -0.3 is 10.2 Å². The summed E-state index contributed by atoms with van der Waals surface area (Å²) >= 11 is 0. The number of nitrogens with zero attached hydrogens (tertiary/aromatic N) is 1. The summed E-state index contributed by atoms with van der Waals surface area (Å²) in [6.07, 6.45) is 8.53. The van der Waals surface area contributed by atoms with E-state index in [0.29, 0.717) is 11.5 Å². The van der Waals surface area contributed by atoms with Gasteiger partial charge in [-0.2, -0.15) is 0 Å². The largest absolute Gasteiger partial charge is 0.308 e. The molecule has 0 amide bonds. The minimum Gasteiger partial charge on any atom is -0.308 e. The van der Waals surface area contributed by atoms with Crippen molar-refractivity contribution in [2.75, 3.05) is 19.6 Å². The van der Waals surface area contributed by atoms with Crippen LogP contribution in [0, 0.1) is 17.3 Å². The van der Waals surface area contributed by atoms with Crippen LogP contribution in [0.2, 0.25) is 0 Å². The van der Waals surface area contributed by atoms with Gasteiger partial charge in [-0.25, -0.2) is 0 Å². The van der Waals surface area contributed by atoms with Crippen molar-refractivity contribution < 1.29 is 0 Å². The van der Waals surface area contributed by atoms with E-state index in [-0.39, 0.29) is 5.54 Å². The molecule has 1 N–H and O–H groups in total. The predicted octanol–water partition coefficient (Wildman–Crippen LogP) is 4.69. The topological polar surface area (TPSA) is 15.3 Å². The van der Waals surface area contributed by atoms with Crippen LogP contribution in [0.3, 0.4) is 0 Å². The van der Waals surface area contributed by atoms with Crippen molar-refractivity contribution in [3.8, 4) is 0 Å². The normalized spacial score (nSPS) is 32.2. The van der Waals surface area contributed by atoms with E-state index in [2.05, 4.69) is 51.8 Å². The Morgan fingerprint density at radius 3 is 2.09 bits per heavy atom. The van der Waals surface area contributed by atoms with E-state index < -0.39 is 0 Å². The SMILES string of the molecule is CC(C)(C)N[C@@H]1CCCN(CC2CCC(C(C)(C)C)CC2)C1. The molecule has 0 radical (unpaired) electrons. The van der Waals surface area contributed by atoms with Gasteiger partial charge in [0.1, 0.15) is 0 Å². The Hall–Kier alpha value is -0.0800. The Balaban J connectivity index is 1.75. The van der Waals surface area contributed by atoms with Crippen LogP contribution in [0.25, 0.3) is 0 Å². The average Bonchev–Trinajstić information content (AvgIpc) is 2.36. The molecule has 0 spiro atoms. The van der Waals surface area contributed by atoms with E-state index >= 15 is 0 Å². The van der Waals surface area contributed by atoms with E-state index in [0.717, 1.165) is 11.8 Å². The molecule has 2 nitrogen and oxygen atoms in total. The summed E-state index contributed by atoms with van der Waals surface area (Å²) in [7, 11) is 0. The van der Waals surface area contributed by atoms with Crippen molar-refractivity contribution in [3.63, 3.8) is 0 Å². The third-order valence-electron chi connectivity index (χ3n) is 5.73. The Morgan fingerprint density at radius 1 is 0.909 bits per heavy atom. The second kappa shape index (κ2) is 7.21. The van der Waals surface area contributed by atoms with Gasteiger partial charge in [-0.05, 0) is 83.1 Å². The highest BCUT2D eigenvalue weighted by molar-refractivity contribution is 4.86. The lowest BCUT2D eigenvalue weighted by Crippen LogP contribution is -2.52. The maximum Gasteiger partial charge on any atom is 0.0200 e. The van der Waals surface area contributed by atoms with Gasteiger partial charge in [-0.1, -0.05) is 20.8 Å². The first-order chi connectivity index (χ1) is 10.1. The quantitative estimate of drug-likeness (QED) is 0.813. The number of nitrogens with one attached hydrogen (secondary N) is 1. The molecule has 2 rings (SSSR count). The zero-order valence-electron chi connectivity index (χ0n) is 16.0. The lowest BCUT2D eigenvalue weighted by atomic mass is 9.70. The van der Waals surface area contributed by atoms with Crippen LogP contribution in [0.4, 0.5) is 0 Å². The third kappa shape index (κ3) is 5.85. The van der Waals surface area contributed by atoms with Crippen molar-refractivity contribution in [2.45, 2.75) is 91.6 Å². The Kier molecular flexibility index (Phi) is 5.99. The number of hydrogen-bond acceptors (Lipinski definition) is 2. The molecule has 0 aromatic carbocycles. The zero-order valence-corrected chi connectivity index (χ0v) is 16.0. The second-order valence-electron chi connectivity index (χ2n) is 10.1. The first-order valence-electron chi connectivity index (χ1n) is 9.63. The molecule has 2 heteroatoms. The lowest BCUT2D eigenvalue weighted by molar-refractivity contribution is 0.104. The number of rotatable bonds is 3. The maximum atomic E-state index is 3.81. The average molecular weight is 309 g/mol. The monoisotopic (exact) mass is 308 g/mol. The summed E-state index contributed by atoms with van der Waals surface area (Å²) < 4.78 is 0. The molecule has 2 aliphatic rings. The fourth-order valence-electron chi connectivity index (χ4n) is 4.53. The smallest absolute Gasteiger partial charge is 0.0200 e. The molecule has 130 valence electrons. The Labute approximate surface area is 139 Å². The molecule has 0 aromatic rings. The van der Waals surface area contributed by atoms with Gasteiger partial charge in [-0.15, -0.1) is 0 Å². The fraction of sp³-hybridized carbons (Fsp3) is 1.00. The molecule has 2 fully saturated rings. The first-order valence-corrected chi connectivity index (χ1v) is 9.63. The van der Waals surface area contributed by atoms with Gasteiger partial charge in [0.05, 0.1) is 0 Å². The van der Waals surface area contributed by atoms with Crippen molar-refractivity contribution >= 4 is 0 Å². The van der Waals surface area contributed by atoms with E-state index in [1.165, 1.54) is 58.2 Å². The molecular weight excluding hydrogens is 268 g/mol. The van der Waals surface area contributed by atoms with E-state index in [1.54, 1.807) is 0 Å². The van der Waals surface area contributed by atoms with Gasteiger partial charge in [0.2, 0.25) is 0 Å². The van der Waals surface area contributed by atoms with Crippen LogP contribution in [0.1, 0.15) is 80.1 Å². The summed E-state index contributed by atoms with van der Waals surface area (Å²) in [4.78, 5) is 2.75. The molecule has 1 saturated carbocycles. The van der Waals surface area contributed by atoms with E-state index in [1.807, 2.05) is 0 Å². The van der Waals surface area contributed by atoms with Gasteiger partial charge in [0.15, 0.2) is 0 Å². The van der Waals surface area contributed by atoms with E-state index in [9.17, 15) is 0 Å². The van der Waals surface area contributed by atoms with Crippen molar-refractivity contribution in [1.82, 2.24) is 10.2 Å². The number of likely N-dealkylation sites (tertiary alicyclic amines) is 1. The molecule has 1 heterocycles. The molecular formula is C20H40N2. The summed E-state index contributed by atoms with van der Waals surface area (Å²) in [5, 5.41) is 3.81. The highest BCUT2D eigenvalue weighted by atomic mass is 15.2. The molecule has 1 saturated heterocycles. The molecule has 22 heavy (non-hydrogen) atoms. The highest BCUT2D eigenvalue weighted by Gasteiger charge is 2.31. The van der Waals surface area contributed by atoms with Gasteiger partial charge in [-0.3, -0.25) is 0 Å². The van der Waals surface area contributed by atoms with Gasteiger partial charge in [0.25, 0.3) is 0 Å². The molecule has 0 unspecified atom stereocenters. The lowest BCUT2D eigenvalue weighted by Gasteiger charge is -2.41. The van der Waals surface area contributed by atoms with Crippen LogP contribution in [0.5, 0.6) is 0 Å².